The van der Waals surface area contributed by atoms with Crippen LogP contribution in [-0.2, 0) is 11.4 Å². The number of amides is 2. The Labute approximate surface area is 239 Å². The minimum Gasteiger partial charge on any atom is -0.490 e. The number of ether oxygens (including phenoxy) is 2. The largest absolute Gasteiger partial charge is 0.490 e. The lowest BCUT2D eigenvalue weighted by Crippen LogP contribution is -2.48. The molecule has 0 saturated carbocycles. The van der Waals surface area contributed by atoms with Crippen molar-refractivity contribution < 1.29 is 19.1 Å². The number of carbonyl (C=O) groups is 2. The van der Waals surface area contributed by atoms with Crippen LogP contribution < -0.4 is 20.2 Å². The predicted octanol–water partition coefficient (Wildman–Crippen LogP) is 6.38. The Balaban J connectivity index is 1.41. The Kier molecular flexibility index (Phi) is 9.76. The first-order chi connectivity index (χ1) is 19.4. The average Bonchev–Trinajstić information content (AvgIpc) is 2.95. The first kappa shape index (κ1) is 28.6. The van der Waals surface area contributed by atoms with E-state index in [1.165, 1.54) is 6.21 Å². The lowest BCUT2D eigenvalue weighted by Gasteiger charge is -2.20. The molecule has 2 amide bonds. The van der Waals surface area contributed by atoms with Gasteiger partial charge >= 0.3 is 0 Å². The van der Waals surface area contributed by atoms with Crippen molar-refractivity contribution in [1.82, 2.24) is 10.7 Å². The van der Waals surface area contributed by atoms with Gasteiger partial charge in [0.1, 0.15) is 12.6 Å². The van der Waals surface area contributed by atoms with E-state index in [0.29, 0.717) is 40.9 Å². The van der Waals surface area contributed by atoms with Crippen LogP contribution in [0.3, 0.4) is 0 Å². The Morgan fingerprint density at radius 3 is 2.45 bits per heavy atom. The molecule has 0 heterocycles. The van der Waals surface area contributed by atoms with Crippen molar-refractivity contribution in [1.29, 1.82) is 0 Å². The smallest absolute Gasteiger partial charge is 0.262 e. The first-order valence-electron chi connectivity index (χ1n) is 13.1. The van der Waals surface area contributed by atoms with E-state index in [1.807, 2.05) is 57.2 Å². The second-order valence-corrected chi connectivity index (χ2v) is 9.88. The van der Waals surface area contributed by atoms with E-state index in [0.717, 1.165) is 16.3 Å². The van der Waals surface area contributed by atoms with E-state index in [-0.39, 0.29) is 5.92 Å². The van der Waals surface area contributed by atoms with Gasteiger partial charge in [-0.25, -0.2) is 5.43 Å². The third-order valence-corrected chi connectivity index (χ3v) is 6.60. The summed E-state index contributed by atoms with van der Waals surface area (Å²) in [5.41, 5.74) is 4.62. The predicted molar refractivity (Wildman–Crippen MR) is 159 cm³/mol. The molecule has 4 aromatic carbocycles. The van der Waals surface area contributed by atoms with Crippen LogP contribution in [0.1, 0.15) is 42.3 Å². The topological polar surface area (TPSA) is 89.0 Å². The minimum atomic E-state index is -0.801. The van der Waals surface area contributed by atoms with Crippen LogP contribution in [0.25, 0.3) is 10.8 Å². The summed E-state index contributed by atoms with van der Waals surface area (Å²) in [6.45, 7) is 6.43. The average molecular weight is 558 g/mol. The number of fused-ring (bicyclic) bond motifs is 1. The summed E-state index contributed by atoms with van der Waals surface area (Å²) in [6, 6.07) is 25.7. The molecule has 4 aromatic rings. The van der Waals surface area contributed by atoms with Crippen molar-refractivity contribution in [2.24, 2.45) is 11.0 Å². The van der Waals surface area contributed by atoms with Gasteiger partial charge in [0.15, 0.2) is 11.5 Å². The van der Waals surface area contributed by atoms with Gasteiger partial charge in [0.05, 0.1) is 23.4 Å². The molecular formula is C32H32ClN3O4. The normalized spacial score (nSPS) is 11.9. The number of nitrogens with zero attached hydrogens (tertiary/aromatic N) is 1. The van der Waals surface area contributed by atoms with Gasteiger partial charge in [0.2, 0.25) is 0 Å². The molecule has 0 spiro atoms. The highest BCUT2D eigenvalue weighted by Crippen LogP contribution is 2.30. The zero-order chi connectivity index (χ0) is 28.5. The molecule has 0 aromatic heterocycles. The van der Waals surface area contributed by atoms with Crippen LogP contribution in [0.15, 0.2) is 90.0 Å². The van der Waals surface area contributed by atoms with Crippen LogP contribution in [0.2, 0.25) is 5.02 Å². The highest BCUT2D eigenvalue weighted by molar-refractivity contribution is 6.33. The molecule has 0 aliphatic heterocycles. The Bertz CT molecular complexity index is 1510. The van der Waals surface area contributed by atoms with Crippen LogP contribution in [0.5, 0.6) is 11.5 Å². The number of nitrogens with one attached hydrogen (secondary N) is 2. The Morgan fingerprint density at radius 1 is 0.925 bits per heavy atom. The summed E-state index contributed by atoms with van der Waals surface area (Å²) in [5.74, 6) is 0.142. The number of hydrogen-bond donors (Lipinski definition) is 2. The van der Waals surface area contributed by atoms with Crippen molar-refractivity contribution in [3.63, 3.8) is 0 Å². The molecule has 4 rings (SSSR count). The molecule has 1 atom stereocenters. The molecule has 7 nitrogen and oxygen atoms in total. The van der Waals surface area contributed by atoms with E-state index in [9.17, 15) is 9.59 Å². The lowest BCUT2D eigenvalue weighted by atomic mass is 10.0. The second-order valence-electron chi connectivity index (χ2n) is 9.48. The standard InChI is InChI=1S/C32H32ClN3O4/c1-4-39-29-18-22(16-17-28(29)40-20-24-12-9-11-23-10-5-6-13-25(23)24)19-34-36-32(38)30(21(2)3)35-31(37)26-14-7-8-15-27(26)33/h5-19,21,30H,4,20H2,1-3H3,(H,35,37)(H,36,38)/b34-19-. The highest BCUT2D eigenvalue weighted by Gasteiger charge is 2.25. The maximum absolute atomic E-state index is 12.8. The third kappa shape index (κ3) is 7.18. The van der Waals surface area contributed by atoms with E-state index < -0.39 is 17.9 Å². The molecule has 40 heavy (non-hydrogen) atoms. The van der Waals surface area contributed by atoms with Crippen LogP contribution in [0.4, 0.5) is 0 Å². The van der Waals surface area contributed by atoms with Crippen LogP contribution in [0, 0.1) is 5.92 Å². The van der Waals surface area contributed by atoms with Gasteiger partial charge in [0, 0.05) is 0 Å². The van der Waals surface area contributed by atoms with Crippen molar-refractivity contribution in [2.45, 2.75) is 33.4 Å². The van der Waals surface area contributed by atoms with E-state index >= 15 is 0 Å². The SMILES string of the molecule is CCOc1cc(/C=N\NC(=O)C(NC(=O)c2ccccc2Cl)C(C)C)ccc1OCc1cccc2ccccc12. The number of halogens is 1. The summed E-state index contributed by atoms with van der Waals surface area (Å²) in [4.78, 5) is 25.5. The van der Waals surface area contributed by atoms with Crippen molar-refractivity contribution in [3.8, 4) is 11.5 Å². The van der Waals surface area contributed by atoms with E-state index in [2.05, 4.69) is 34.0 Å². The molecule has 0 aliphatic carbocycles. The number of carbonyl (C=O) groups excluding carboxylic acids is 2. The zero-order valence-electron chi connectivity index (χ0n) is 22.7. The highest BCUT2D eigenvalue weighted by atomic mass is 35.5. The fourth-order valence-electron chi connectivity index (χ4n) is 4.21. The Hall–Kier alpha value is -4.36. The van der Waals surface area contributed by atoms with Crippen LogP contribution in [-0.4, -0.2) is 30.7 Å². The number of hydrazone groups is 1. The molecule has 0 bridgehead atoms. The molecule has 0 radical (unpaired) electrons. The molecule has 8 heteroatoms. The molecule has 206 valence electrons. The Morgan fingerprint density at radius 2 is 1.68 bits per heavy atom. The van der Waals surface area contributed by atoms with E-state index in [4.69, 9.17) is 21.1 Å². The maximum atomic E-state index is 12.8. The molecule has 0 saturated heterocycles. The monoisotopic (exact) mass is 557 g/mol. The van der Waals surface area contributed by atoms with Crippen molar-refractivity contribution in [2.75, 3.05) is 6.61 Å². The molecule has 0 fully saturated rings. The summed E-state index contributed by atoms with van der Waals surface area (Å²) in [7, 11) is 0. The first-order valence-corrected chi connectivity index (χ1v) is 13.5. The van der Waals surface area contributed by atoms with Gasteiger partial charge in [-0.1, -0.05) is 80.0 Å². The quantitative estimate of drug-likeness (QED) is 0.165. The molecule has 1 unspecified atom stereocenters. The van der Waals surface area contributed by atoms with Gasteiger partial charge < -0.3 is 14.8 Å². The minimum absolute atomic E-state index is 0.177. The third-order valence-electron chi connectivity index (χ3n) is 6.27. The van der Waals surface area contributed by atoms with E-state index in [1.54, 1.807) is 30.3 Å². The number of hydrogen-bond acceptors (Lipinski definition) is 5. The van der Waals surface area contributed by atoms with Gasteiger partial charge in [0.25, 0.3) is 11.8 Å². The maximum Gasteiger partial charge on any atom is 0.262 e. The molecule has 0 aliphatic rings. The van der Waals surface area contributed by atoms with Gasteiger partial charge in [-0.2, -0.15) is 5.10 Å². The van der Waals surface area contributed by atoms with Crippen LogP contribution >= 0.6 is 11.6 Å². The van der Waals surface area contributed by atoms with Gasteiger partial charge in [-0.05, 0) is 65.1 Å². The van der Waals surface area contributed by atoms with Gasteiger partial charge in [-0.3, -0.25) is 9.59 Å². The summed E-state index contributed by atoms with van der Waals surface area (Å²) in [6.07, 6.45) is 1.52. The fourth-order valence-corrected chi connectivity index (χ4v) is 4.43. The zero-order valence-corrected chi connectivity index (χ0v) is 23.4. The summed E-state index contributed by atoms with van der Waals surface area (Å²) < 4.78 is 11.9. The summed E-state index contributed by atoms with van der Waals surface area (Å²) >= 11 is 6.13. The lowest BCUT2D eigenvalue weighted by molar-refractivity contribution is -0.123. The van der Waals surface area contributed by atoms with Crippen molar-refractivity contribution >= 4 is 40.4 Å². The molecule has 2 N–H and O–H groups in total. The number of rotatable bonds is 11. The fraction of sp³-hybridized carbons (Fsp3) is 0.219. The van der Waals surface area contributed by atoms with Crippen molar-refractivity contribution in [3.05, 3.63) is 107 Å². The number of benzene rings is 4. The summed E-state index contributed by atoms with van der Waals surface area (Å²) in [5, 5.41) is 9.47. The second kappa shape index (κ2) is 13.6. The molecular weight excluding hydrogens is 526 g/mol. The van der Waals surface area contributed by atoms with Gasteiger partial charge in [-0.15, -0.1) is 0 Å².